The Bertz CT molecular complexity index is 916. The summed E-state index contributed by atoms with van der Waals surface area (Å²) >= 11 is 0. The van der Waals surface area contributed by atoms with Crippen molar-refractivity contribution in [3.8, 4) is 0 Å². The summed E-state index contributed by atoms with van der Waals surface area (Å²) in [5.74, 6) is 1.12. The van der Waals surface area contributed by atoms with Gasteiger partial charge < -0.3 is 5.11 Å². The SMILES string of the molecule is CCC1C2c3c4n(c5ccccc35)C(=O)C(O)CC43CCN2CCC13. The molecule has 8 rings (SSSR count). The fourth-order valence-electron chi connectivity index (χ4n) is 7.03. The highest BCUT2D eigenvalue weighted by molar-refractivity contribution is 6.00. The van der Waals surface area contributed by atoms with Crippen molar-refractivity contribution in [1.29, 1.82) is 0 Å². The molecule has 0 saturated carbocycles. The lowest BCUT2D eigenvalue weighted by Gasteiger charge is -2.55. The molecule has 6 aliphatic rings. The molecule has 1 aliphatic carbocycles. The van der Waals surface area contributed by atoms with Gasteiger partial charge in [0.1, 0.15) is 6.10 Å². The number of hydrogen-bond acceptors (Lipinski definition) is 3. The predicted molar refractivity (Wildman–Crippen MR) is 95.7 cm³/mol. The molecule has 130 valence electrons. The van der Waals surface area contributed by atoms with E-state index < -0.39 is 6.10 Å². The topological polar surface area (TPSA) is 45.5 Å². The van der Waals surface area contributed by atoms with Gasteiger partial charge in [-0.3, -0.25) is 14.3 Å². The van der Waals surface area contributed by atoms with Crippen LogP contribution in [0.1, 0.15) is 54.7 Å². The minimum atomic E-state index is -0.864. The quantitative estimate of drug-likeness (QED) is 0.870. The zero-order chi connectivity index (χ0) is 16.9. The van der Waals surface area contributed by atoms with Gasteiger partial charge in [-0.1, -0.05) is 31.5 Å². The zero-order valence-corrected chi connectivity index (χ0v) is 14.6. The molecule has 25 heavy (non-hydrogen) atoms. The summed E-state index contributed by atoms with van der Waals surface area (Å²) in [5, 5.41) is 12.0. The van der Waals surface area contributed by atoms with Crippen LogP contribution < -0.4 is 0 Å². The lowest BCUT2D eigenvalue weighted by atomic mass is 9.54. The molecule has 1 aromatic carbocycles. The summed E-state index contributed by atoms with van der Waals surface area (Å²) in [7, 11) is 0. The van der Waals surface area contributed by atoms with Gasteiger partial charge in [-0.2, -0.15) is 0 Å². The number of rotatable bonds is 1. The van der Waals surface area contributed by atoms with Crippen molar-refractivity contribution < 1.29 is 9.90 Å². The summed E-state index contributed by atoms with van der Waals surface area (Å²) in [5.41, 5.74) is 3.66. The molecule has 4 nitrogen and oxygen atoms in total. The standard InChI is InChI=1S/C21H24N2O2/c1-2-12-14-7-9-22-10-8-21(14)11-16(24)20(25)23-15-6-4-3-5-13(15)17(18(12)22)19(21)23/h3-6,12,14,16,18,24H,2,7-11H2,1H3. The van der Waals surface area contributed by atoms with E-state index in [1.807, 2.05) is 10.6 Å². The van der Waals surface area contributed by atoms with E-state index in [1.165, 1.54) is 29.5 Å². The van der Waals surface area contributed by atoms with E-state index in [0.717, 1.165) is 25.0 Å². The van der Waals surface area contributed by atoms with E-state index in [2.05, 4.69) is 30.0 Å². The number of aromatic nitrogens is 1. The van der Waals surface area contributed by atoms with Crippen LogP contribution in [-0.4, -0.2) is 39.7 Å². The van der Waals surface area contributed by atoms with Crippen LogP contribution in [0.25, 0.3) is 10.9 Å². The fraction of sp³-hybridized carbons (Fsp3) is 0.571. The van der Waals surface area contributed by atoms with Crippen molar-refractivity contribution >= 4 is 16.8 Å². The molecule has 4 bridgehead atoms. The van der Waals surface area contributed by atoms with Crippen molar-refractivity contribution in [3.05, 3.63) is 35.5 Å². The summed E-state index contributed by atoms with van der Waals surface area (Å²) in [6.07, 6.45) is 3.22. The highest BCUT2D eigenvalue weighted by Crippen LogP contribution is 2.64. The van der Waals surface area contributed by atoms with Gasteiger partial charge in [-0.05, 0) is 55.8 Å². The molecular weight excluding hydrogens is 312 g/mol. The number of carbonyl (C=O) groups is 1. The highest BCUT2D eigenvalue weighted by atomic mass is 16.3. The molecule has 2 aromatic rings. The van der Waals surface area contributed by atoms with Gasteiger partial charge in [-0.25, -0.2) is 0 Å². The lowest BCUT2D eigenvalue weighted by Crippen LogP contribution is -2.55. The van der Waals surface area contributed by atoms with Gasteiger partial charge in [0.05, 0.1) is 5.52 Å². The first-order chi connectivity index (χ1) is 12.2. The number of aliphatic hydroxyl groups excluding tert-OH is 1. The van der Waals surface area contributed by atoms with Crippen LogP contribution in [-0.2, 0) is 5.41 Å². The van der Waals surface area contributed by atoms with Crippen LogP contribution in [0.15, 0.2) is 24.3 Å². The number of fused-ring (bicyclic) bond motifs is 3. The molecule has 1 spiro atoms. The maximum Gasteiger partial charge on any atom is 0.260 e. The van der Waals surface area contributed by atoms with E-state index in [4.69, 9.17) is 0 Å². The predicted octanol–water partition coefficient (Wildman–Crippen LogP) is 3.09. The molecule has 6 atom stereocenters. The second-order valence-corrected chi connectivity index (χ2v) is 8.53. The normalized spacial score (nSPS) is 41.2. The second kappa shape index (κ2) is 4.54. The maximum atomic E-state index is 13.0. The molecule has 4 heteroatoms. The number of para-hydroxylation sites is 1. The number of hydrogen-bond donors (Lipinski definition) is 1. The number of piperidine rings is 1. The molecule has 1 N–H and O–H groups in total. The molecule has 6 unspecified atom stereocenters. The van der Waals surface area contributed by atoms with Crippen molar-refractivity contribution in [2.45, 2.75) is 50.2 Å². The van der Waals surface area contributed by atoms with E-state index >= 15 is 0 Å². The minimum absolute atomic E-state index is 0.0237. The van der Waals surface area contributed by atoms with Crippen LogP contribution in [0.3, 0.4) is 0 Å². The lowest BCUT2D eigenvalue weighted by molar-refractivity contribution is 0.00135. The molecule has 3 saturated heterocycles. The van der Waals surface area contributed by atoms with Crippen LogP contribution in [0.5, 0.6) is 0 Å². The third-order valence-electron chi connectivity index (χ3n) is 7.81. The fourth-order valence-corrected chi connectivity index (χ4v) is 7.03. The highest BCUT2D eigenvalue weighted by Gasteiger charge is 2.62. The number of benzene rings is 1. The van der Waals surface area contributed by atoms with Crippen molar-refractivity contribution in [3.63, 3.8) is 0 Å². The minimum Gasteiger partial charge on any atom is -0.383 e. The van der Waals surface area contributed by atoms with Crippen LogP contribution >= 0.6 is 0 Å². The Kier molecular flexibility index (Phi) is 2.64. The maximum absolute atomic E-state index is 13.0. The molecule has 5 aliphatic heterocycles. The van der Waals surface area contributed by atoms with Crippen LogP contribution in [0, 0.1) is 11.8 Å². The van der Waals surface area contributed by atoms with Crippen molar-refractivity contribution in [2.24, 2.45) is 11.8 Å². The first kappa shape index (κ1) is 14.5. The third kappa shape index (κ3) is 1.47. The van der Waals surface area contributed by atoms with Crippen LogP contribution in [0.2, 0.25) is 0 Å². The molecule has 1 aromatic heterocycles. The van der Waals surface area contributed by atoms with E-state index in [0.29, 0.717) is 24.3 Å². The van der Waals surface area contributed by atoms with Crippen molar-refractivity contribution in [2.75, 3.05) is 13.1 Å². The Morgan fingerprint density at radius 2 is 2.12 bits per heavy atom. The molecule has 6 heterocycles. The van der Waals surface area contributed by atoms with E-state index in [1.54, 1.807) is 0 Å². The molecule has 3 fully saturated rings. The Labute approximate surface area is 147 Å². The second-order valence-electron chi connectivity index (χ2n) is 8.53. The first-order valence-electron chi connectivity index (χ1n) is 9.77. The smallest absolute Gasteiger partial charge is 0.260 e. The van der Waals surface area contributed by atoms with Gasteiger partial charge in [0.2, 0.25) is 0 Å². The van der Waals surface area contributed by atoms with Gasteiger partial charge >= 0.3 is 0 Å². The zero-order valence-electron chi connectivity index (χ0n) is 14.6. The first-order valence-corrected chi connectivity index (χ1v) is 9.77. The third-order valence-corrected chi connectivity index (χ3v) is 7.81. The number of aliphatic hydroxyl groups is 1. The Morgan fingerprint density at radius 3 is 2.96 bits per heavy atom. The van der Waals surface area contributed by atoms with E-state index in [-0.39, 0.29) is 11.3 Å². The average Bonchev–Trinajstić information content (AvgIpc) is 2.71. The molecule has 0 radical (unpaired) electrons. The summed E-state index contributed by atoms with van der Waals surface area (Å²) in [6.45, 7) is 4.58. The average molecular weight is 336 g/mol. The number of carbonyl (C=O) groups excluding carboxylic acids is 1. The molecular formula is C21H24N2O2. The largest absolute Gasteiger partial charge is 0.383 e. The van der Waals surface area contributed by atoms with Crippen LogP contribution in [0.4, 0.5) is 0 Å². The summed E-state index contributed by atoms with van der Waals surface area (Å²) in [6, 6.07) is 8.80. The number of nitrogens with zero attached hydrogens (tertiary/aromatic N) is 2. The Morgan fingerprint density at radius 1 is 1.28 bits per heavy atom. The Hall–Kier alpha value is -1.65. The van der Waals surface area contributed by atoms with Gasteiger partial charge in [-0.15, -0.1) is 0 Å². The molecule has 0 amide bonds. The Balaban J connectivity index is 1.81. The van der Waals surface area contributed by atoms with Gasteiger partial charge in [0.15, 0.2) is 0 Å². The van der Waals surface area contributed by atoms with Gasteiger partial charge in [0, 0.05) is 22.5 Å². The van der Waals surface area contributed by atoms with Gasteiger partial charge in [0.25, 0.3) is 5.91 Å². The van der Waals surface area contributed by atoms with E-state index in [9.17, 15) is 9.90 Å². The summed E-state index contributed by atoms with van der Waals surface area (Å²) < 4.78 is 1.92. The van der Waals surface area contributed by atoms with Crippen molar-refractivity contribution in [1.82, 2.24) is 9.47 Å². The monoisotopic (exact) mass is 336 g/mol. The summed E-state index contributed by atoms with van der Waals surface area (Å²) in [4.78, 5) is 15.6.